The highest BCUT2D eigenvalue weighted by Crippen LogP contribution is 2.35. The van der Waals surface area contributed by atoms with Crippen molar-refractivity contribution in [3.8, 4) is 0 Å². The lowest BCUT2D eigenvalue weighted by molar-refractivity contribution is 0.257. The first-order chi connectivity index (χ1) is 5.51. The minimum absolute atomic E-state index is 0.230. The maximum absolute atomic E-state index is 7.64. The quantitative estimate of drug-likeness (QED) is 0.477. The van der Waals surface area contributed by atoms with Crippen molar-refractivity contribution >= 4 is 5.71 Å². The fraction of sp³-hybridized carbons (Fsp3) is 0.727. The number of nitrogens with one attached hydrogen (secondary N) is 1. The van der Waals surface area contributed by atoms with Gasteiger partial charge in [-0.25, -0.2) is 0 Å². The summed E-state index contributed by atoms with van der Waals surface area (Å²) in [5, 5.41) is 7.64. The van der Waals surface area contributed by atoms with Crippen LogP contribution >= 0.6 is 0 Å². The largest absolute Gasteiger partial charge is 0.309 e. The Kier molecular flexibility index (Phi) is 4.22. The van der Waals surface area contributed by atoms with Gasteiger partial charge in [0, 0.05) is 11.6 Å². The smallest absolute Gasteiger partial charge is 0.0193 e. The Hall–Kier alpha value is -0.590. The average molecular weight is 167 g/mol. The highest BCUT2D eigenvalue weighted by molar-refractivity contribution is 5.83. The highest BCUT2D eigenvalue weighted by atomic mass is 14.5. The molecule has 0 saturated heterocycles. The van der Waals surface area contributed by atoms with E-state index in [2.05, 4.69) is 27.4 Å². The summed E-state index contributed by atoms with van der Waals surface area (Å²) < 4.78 is 0. The third-order valence-electron chi connectivity index (χ3n) is 3.07. The third kappa shape index (κ3) is 2.20. The number of hydrogen-bond donors (Lipinski definition) is 1. The third-order valence-corrected chi connectivity index (χ3v) is 3.07. The first-order valence-electron chi connectivity index (χ1n) is 4.69. The van der Waals surface area contributed by atoms with Gasteiger partial charge in [-0.15, -0.1) is 6.58 Å². The Morgan fingerprint density at radius 2 is 1.92 bits per heavy atom. The molecule has 0 fully saturated rings. The van der Waals surface area contributed by atoms with Crippen molar-refractivity contribution in [3.05, 3.63) is 12.7 Å². The van der Waals surface area contributed by atoms with Crippen LogP contribution in [0, 0.1) is 16.7 Å². The molecule has 70 valence electrons. The van der Waals surface area contributed by atoms with Gasteiger partial charge in [0.2, 0.25) is 0 Å². The molecule has 1 nitrogen and oxygen atoms in total. The van der Waals surface area contributed by atoms with Crippen LogP contribution in [0.2, 0.25) is 0 Å². The molecule has 1 atom stereocenters. The highest BCUT2D eigenvalue weighted by Gasteiger charge is 2.29. The molecule has 12 heavy (non-hydrogen) atoms. The van der Waals surface area contributed by atoms with Gasteiger partial charge in [-0.3, -0.25) is 0 Å². The van der Waals surface area contributed by atoms with Crippen LogP contribution in [0.5, 0.6) is 0 Å². The minimum atomic E-state index is 0.230. The average Bonchev–Trinajstić information content (AvgIpc) is 2.04. The van der Waals surface area contributed by atoms with E-state index in [1.807, 2.05) is 13.0 Å². The van der Waals surface area contributed by atoms with Gasteiger partial charge in [-0.1, -0.05) is 26.8 Å². The molecule has 1 heteroatoms. The van der Waals surface area contributed by atoms with E-state index in [-0.39, 0.29) is 11.3 Å². The molecule has 0 radical (unpaired) electrons. The van der Waals surface area contributed by atoms with Gasteiger partial charge in [-0.05, 0) is 25.2 Å². The lowest BCUT2D eigenvalue weighted by Crippen LogP contribution is -2.29. The van der Waals surface area contributed by atoms with Crippen molar-refractivity contribution in [1.29, 1.82) is 5.41 Å². The summed E-state index contributed by atoms with van der Waals surface area (Å²) in [6, 6.07) is 0. The van der Waals surface area contributed by atoms with Crippen LogP contribution in [0.25, 0.3) is 0 Å². The Morgan fingerprint density at radius 3 is 2.00 bits per heavy atom. The topological polar surface area (TPSA) is 23.9 Å². The van der Waals surface area contributed by atoms with Crippen molar-refractivity contribution < 1.29 is 0 Å². The predicted octanol–water partition coefficient (Wildman–Crippen LogP) is 3.65. The van der Waals surface area contributed by atoms with Gasteiger partial charge in [0.25, 0.3) is 0 Å². The molecule has 0 saturated carbocycles. The summed E-state index contributed by atoms with van der Waals surface area (Å²) in [6.45, 7) is 12.3. The standard InChI is InChI=1S/C11H21N/c1-6-10(9(4)12)11(5,7-2)8-3/h6,10,12H,1,7-8H2,2-5H3. The maximum Gasteiger partial charge on any atom is 0.0193 e. The molecule has 1 N–H and O–H groups in total. The molecular formula is C11H21N. The number of rotatable bonds is 5. The first-order valence-corrected chi connectivity index (χ1v) is 4.69. The molecule has 0 aliphatic heterocycles. The Bertz CT molecular complexity index is 166. The van der Waals surface area contributed by atoms with E-state index in [1.54, 1.807) is 0 Å². The van der Waals surface area contributed by atoms with E-state index >= 15 is 0 Å². The van der Waals surface area contributed by atoms with E-state index < -0.39 is 0 Å². The molecule has 0 rings (SSSR count). The number of allylic oxidation sites excluding steroid dienone is 1. The molecular weight excluding hydrogens is 146 g/mol. The molecule has 0 heterocycles. The van der Waals surface area contributed by atoms with Crippen LogP contribution in [-0.2, 0) is 0 Å². The van der Waals surface area contributed by atoms with Crippen LogP contribution in [0.3, 0.4) is 0 Å². The maximum atomic E-state index is 7.64. The molecule has 0 spiro atoms. The summed E-state index contributed by atoms with van der Waals surface area (Å²) >= 11 is 0. The van der Waals surface area contributed by atoms with Gasteiger partial charge in [0.1, 0.15) is 0 Å². The van der Waals surface area contributed by atoms with Crippen molar-refractivity contribution in [2.45, 2.75) is 40.5 Å². The van der Waals surface area contributed by atoms with Crippen LogP contribution in [0.1, 0.15) is 40.5 Å². The second kappa shape index (κ2) is 4.44. The fourth-order valence-corrected chi connectivity index (χ4v) is 1.67. The van der Waals surface area contributed by atoms with Crippen molar-refractivity contribution in [2.24, 2.45) is 11.3 Å². The fourth-order valence-electron chi connectivity index (χ4n) is 1.67. The van der Waals surface area contributed by atoms with Crippen LogP contribution in [0.4, 0.5) is 0 Å². The summed E-state index contributed by atoms with van der Waals surface area (Å²) in [6.07, 6.45) is 4.13. The molecule has 0 aliphatic carbocycles. The van der Waals surface area contributed by atoms with E-state index in [0.717, 1.165) is 18.6 Å². The normalized spacial score (nSPS) is 14.0. The van der Waals surface area contributed by atoms with E-state index in [0.29, 0.717) is 0 Å². The predicted molar refractivity (Wildman–Crippen MR) is 55.8 cm³/mol. The molecule has 0 aromatic carbocycles. The first kappa shape index (κ1) is 11.4. The lowest BCUT2D eigenvalue weighted by atomic mass is 9.71. The van der Waals surface area contributed by atoms with Gasteiger partial charge >= 0.3 is 0 Å². The summed E-state index contributed by atoms with van der Waals surface area (Å²) in [7, 11) is 0. The minimum Gasteiger partial charge on any atom is -0.309 e. The second-order valence-electron chi connectivity index (χ2n) is 3.76. The van der Waals surface area contributed by atoms with Gasteiger partial charge in [0.05, 0.1) is 0 Å². The Labute approximate surface area is 76.4 Å². The number of hydrogen-bond acceptors (Lipinski definition) is 1. The zero-order chi connectivity index (χ0) is 9.78. The SMILES string of the molecule is C=CC(C(C)=N)C(C)(CC)CC. The van der Waals surface area contributed by atoms with E-state index in [9.17, 15) is 0 Å². The molecule has 1 unspecified atom stereocenters. The van der Waals surface area contributed by atoms with Gasteiger partial charge in [0.15, 0.2) is 0 Å². The van der Waals surface area contributed by atoms with Gasteiger partial charge in [-0.2, -0.15) is 0 Å². The van der Waals surface area contributed by atoms with Crippen LogP contribution in [-0.4, -0.2) is 5.71 Å². The van der Waals surface area contributed by atoms with Crippen LogP contribution in [0.15, 0.2) is 12.7 Å². The molecule has 0 aromatic rings. The zero-order valence-electron chi connectivity index (χ0n) is 8.78. The van der Waals surface area contributed by atoms with Crippen molar-refractivity contribution in [1.82, 2.24) is 0 Å². The Morgan fingerprint density at radius 1 is 1.50 bits per heavy atom. The lowest BCUT2D eigenvalue weighted by Gasteiger charge is -2.33. The molecule has 0 bridgehead atoms. The summed E-state index contributed by atoms with van der Waals surface area (Å²) in [5.74, 6) is 0.243. The molecule has 0 aliphatic rings. The van der Waals surface area contributed by atoms with Crippen molar-refractivity contribution in [2.75, 3.05) is 0 Å². The van der Waals surface area contributed by atoms with Crippen LogP contribution < -0.4 is 0 Å². The van der Waals surface area contributed by atoms with E-state index in [4.69, 9.17) is 5.41 Å². The molecule has 0 aromatic heterocycles. The summed E-state index contributed by atoms with van der Waals surface area (Å²) in [5.41, 5.74) is 0.962. The van der Waals surface area contributed by atoms with Crippen molar-refractivity contribution in [3.63, 3.8) is 0 Å². The Balaban J connectivity index is 4.66. The van der Waals surface area contributed by atoms with E-state index in [1.165, 1.54) is 0 Å². The molecule has 0 amide bonds. The monoisotopic (exact) mass is 167 g/mol. The van der Waals surface area contributed by atoms with Gasteiger partial charge < -0.3 is 5.41 Å². The second-order valence-corrected chi connectivity index (χ2v) is 3.76. The summed E-state index contributed by atoms with van der Waals surface area (Å²) in [4.78, 5) is 0. The zero-order valence-corrected chi connectivity index (χ0v) is 8.78.